The van der Waals surface area contributed by atoms with E-state index in [1.807, 2.05) is 12.1 Å². The van der Waals surface area contributed by atoms with Crippen molar-refractivity contribution in [3.8, 4) is 5.75 Å². The van der Waals surface area contributed by atoms with Crippen molar-refractivity contribution >= 4 is 6.08 Å². The van der Waals surface area contributed by atoms with E-state index in [-0.39, 0.29) is 0 Å². The molecule has 1 rings (SSSR count). The number of benzene rings is 1. The van der Waals surface area contributed by atoms with Crippen molar-refractivity contribution in [2.45, 2.75) is 39.0 Å². The van der Waals surface area contributed by atoms with Crippen LogP contribution < -0.4 is 4.74 Å². The molecule has 0 amide bonds. The molecule has 0 N–H and O–H groups in total. The normalized spacial score (nSPS) is 11.4. The Kier molecular flexibility index (Phi) is 7.70. The maximum atomic E-state index is 5.13. The van der Waals surface area contributed by atoms with E-state index in [0.29, 0.717) is 0 Å². The van der Waals surface area contributed by atoms with Gasteiger partial charge in [0.2, 0.25) is 0 Å². The number of methoxy groups -OCH3 is 1. The predicted molar refractivity (Wildman–Crippen MR) is 79.9 cm³/mol. The van der Waals surface area contributed by atoms with Crippen LogP contribution in [0.5, 0.6) is 5.75 Å². The summed E-state index contributed by atoms with van der Waals surface area (Å²) >= 11 is 0. The molecule has 1 aromatic carbocycles. The lowest BCUT2D eigenvalue weighted by Crippen LogP contribution is -1.81. The van der Waals surface area contributed by atoms with Crippen LogP contribution in [0.25, 0.3) is 6.08 Å². The number of allylic oxidation sites excluding steroid dienone is 3. The van der Waals surface area contributed by atoms with Crippen LogP contribution in [0.2, 0.25) is 0 Å². The molecule has 0 aliphatic heterocycles. The second-order valence-corrected chi connectivity index (χ2v) is 4.34. The maximum Gasteiger partial charge on any atom is 0.118 e. The first-order valence-corrected chi connectivity index (χ1v) is 6.82. The largest absolute Gasteiger partial charge is 0.497 e. The molecule has 0 spiro atoms. The fraction of sp³-hybridized carbons (Fsp3) is 0.412. The predicted octanol–water partition coefficient (Wildman–Crippen LogP) is 5.24. The number of hydrogen-bond acceptors (Lipinski definition) is 1. The van der Waals surface area contributed by atoms with E-state index in [1.165, 1.54) is 24.8 Å². The van der Waals surface area contributed by atoms with Gasteiger partial charge in [0.15, 0.2) is 0 Å². The molecule has 98 valence electrons. The van der Waals surface area contributed by atoms with Crippen LogP contribution in [-0.2, 0) is 0 Å². The van der Waals surface area contributed by atoms with Crippen molar-refractivity contribution in [2.75, 3.05) is 7.11 Å². The van der Waals surface area contributed by atoms with Crippen LogP contribution in [0.3, 0.4) is 0 Å². The molecule has 1 aromatic rings. The zero-order valence-electron chi connectivity index (χ0n) is 11.6. The lowest BCUT2D eigenvalue weighted by atomic mass is 10.1. The Balaban J connectivity index is 2.17. The third-order valence-electron chi connectivity index (χ3n) is 2.82. The van der Waals surface area contributed by atoms with Gasteiger partial charge < -0.3 is 4.74 Å². The zero-order valence-corrected chi connectivity index (χ0v) is 11.6. The first-order valence-electron chi connectivity index (χ1n) is 6.82. The highest BCUT2D eigenvalue weighted by Gasteiger charge is 1.89. The summed E-state index contributed by atoms with van der Waals surface area (Å²) < 4.78 is 5.13. The van der Waals surface area contributed by atoms with E-state index < -0.39 is 0 Å². The van der Waals surface area contributed by atoms with Gasteiger partial charge in [0.1, 0.15) is 5.75 Å². The Morgan fingerprint density at radius 2 is 1.61 bits per heavy atom. The summed E-state index contributed by atoms with van der Waals surface area (Å²) in [5, 5.41) is 0. The SMILES string of the molecule is CC/C=C\CCCC/C=C/c1ccc(OC)cc1. The highest BCUT2D eigenvalue weighted by molar-refractivity contribution is 5.50. The minimum absolute atomic E-state index is 0.912. The molecule has 0 radical (unpaired) electrons. The van der Waals surface area contributed by atoms with Gasteiger partial charge in [-0.15, -0.1) is 0 Å². The molecule has 0 fully saturated rings. The molecule has 0 unspecified atom stereocenters. The number of rotatable bonds is 8. The van der Waals surface area contributed by atoms with Crippen molar-refractivity contribution in [3.05, 3.63) is 48.1 Å². The lowest BCUT2D eigenvalue weighted by molar-refractivity contribution is 0.415. The second kappa shape index (κ2) is 9.52. The van der Waals surface area contributed by atoms with Crippen molar-refractivity contribution in [2.24, 2.45) is 0 Å². The molecule has 18 heavy (non-hydrogen) atoms. The first-order chi connectivity index (χ1) is 8.86. The fourth-order valence-electron chi connectivity index (χ4n) is 1.74. The van der Waals surface area contributed by atoms with Gasteiger partial charge in [-0.3, -0.25) is 0 Å². The van der Waals surface area contributed by atoms with Gasteiger partial charge >= 0.3 is 0 Å². The Morgan fingerprint density at radius 3 is 2.22 bits per heavy atom. The molecule has 1 heteroatoms. The number of hydrogen-bond donors (Lipinski definition) is 0. The van der Waals surface area contributed by atoms with E-state index in [0.717, 1.165) is 18.6 Å². The van der Waals surface area contributed by atoms with Crippen LogP contribution >= 0.6 is 0 Å². The summed E-state index contributed by atoms with van der Waals surface area (Å²) in [6.45, 7) is 2.17. The van der Waals surface area contributed by atoms with Gasteiger partial charge in [0.05, 0.1) is 7.11 Å². The number of unbranched alkanes of at least 4 members (excludes halogenated alkanes) is 3. The monoisotopic (exact) mass is 244 g/mol. The molecule has 0 aliphatic rings. The zero-order chi connectivity index (χ0) is 13.1. The summed E-state index contributed by atoms with van der Waals surface area (Å²) in [6, 6.07) is 8.16. The van der Waals surface area contributed by atoms with E-state index in [9.17, 15) is 0 Å². The van der Waals surface area contributed by atoms with Gasteiger partial charge in [-0.1, -0.05) is 43.4 Å². The third kappa shape index (κ3) is 6.29. The summed E-state index contributed by atoms with van der Waals surface area (Å²) in [5.41, 5.74) is 1.24. The summed E-state index contributed by atoms with van der Waals surface area (Å²) in [5.74, 6) is 0.912. The average molecular weight is 244 g/mol. The molecule has 0 atom stereocenters. The topological polar surface area (TPSA) is 9.23 Å². The van der Waals surface area contributed by atoms with Gasteiger partial charge in [-0.2, -0.15) is 0 Å². The Labute approximate surface area is 111 Å². The van der Waals surface area contributed by atoms with E-state index >= 15 is 0 Å². The molecule has 0 heterocycles. The third-order valence-corrected chi connectivity index (χ3v) is 2.82. The summed E-state index contributed by atoms with van der Waals surface area (Å²) in [4.78, 5) is 0. The quantitative estimate of drug-likeness (QED) is 0.449. The van der Waals surface area contributed by atoms with Crippen molar-refractivity contribution in [1.29, 1.82) is 0 Å². The van der Waals surface area contributed by atoms with Crippen LogP contribution in [0.15, 0.2) is 42.5 Å². The standard InChI is InChI=1S/C17H24O/c1-3-4-5-6-7-8-9-10-11-16-12-14-17(18-2)15-13-16/h4-5,10-15H,3,6-9H2,1-2H3/b5-4-,11-10+. The van der Waals surface area contributed by atoms with Crippen LogP contribution in [0, 0.1) is 0 Å². The van der Waals surface area contributed by atoms with E-state index in [2.05, 4.69) is 43.4 Å². The van der Waals surface area contributed by atoms with E-state index in [1.54, 1.807) is 7.11 Å². The van der Waals surface area contributed by atoms with Gasteiger partial charge in [-0.05, 0) is 49.8 Å². The molecular formula is C17H24O. The highest BCUT2D eigenvalue weighted by atomic mass is 16.5. The lowest BCUT2D eigenvalue weighted by Gasteiger charge is -1.99. The van der Waals surface area contributed by atoms with Crippen LogP contribution in [0.4, 0.5) is 0 Å². The Hall–Kier alpha value is -1.50. The van der Waals surface area contributed by atoms with Crippen LogP contribution in [-0.4, -0.2) is 7.11 Å². The minimum atomic E-state index is 0.912. The summed E-state index contributed by atoms with van der Waals surface area (Å²) in [7, 11) is 1.69. The van der Waals surface area contributed by atoms with Gasteiger partial charge in [0, 0.05) is 0 Å². The molecule has 0 aliphatic carbocycles. The second-order valence-electron chi connectivity index (χ2n) is 4.34. The molecule has 1 nitrogen and oxygen atoms in total. The summed E-state index contributed by atoms with van der Waals surface area (Å²) in [6.07, 6.45) is 15.0. The van der Waals surface area contributed by atoms with E-state index in [4.69, 9.17) is 4.74 Å². The van der Waals surface area contributed by atoms with Crippen LogP contribution in [0.1, 0.15) is 44.6 Å². The van der Waals surface area contributed by atoms with Crippen molar-refractivity contribution in [3.63, 3.8) is 0 Å². The Bertz CT molecular complexity index is 360. The fourth-order valence-corrected chi connectivity index (χ4v) is 1.74. The Morgan fingerprint density at radius 1 is 0.944 bits per heavy atom. The van der Waals surface area contributed by atoms with Crippen molar-refractivity contribution < 1.29 is 4.74 Å². The molecule has 0 saturated carbocycles. The number of ether oxygens (including phenoxy) is 1. The maximum absolute atomic E-state index is 5.13. The minimum Gasteiger partial charge on any atom is -0.497 e. The first kappa shape index (κ1) is 14.6. The van der Waals surface area contributed by atoms with Gasteiger partial charge in [0.25, 0.3) is 0 Å². The molecule has 0 bridgehead atoms. The smallest absolute Gasteiger partial charge is 0.118 e. The van der Waals surface area contributed by atoms with Gasteiger partial charge in [-0.25, -0.2) is 0 Å². The molecular weight excluding hydrogens is 220 g/mol. The molecule has 0 saturated heterocycles. The highest BCUT2D eigenvalue weighted by Crippen LogP contribution is 2.13. The molecule has 0 aromatic heterocycles. The van der Waals surface area contributed by atoms with Crippen molar-refractivity contribution in [1.82, 2.24) is 0 Å². The average Bonchev–Trinajstić information content (AvgIpc) is 2.42.